The van der Waals surface area contributed by atoms with Crippen molar-refractivity contribution in [3.8, 4) is 0 Å². The molecule has 0 saturated heterocycles. The third-order valence-electron chi connectivity index (χ3n) is 3.56. The summed E-state index contributed by atoms with van der Waals surface area (Å²) in [6, 6.07) is 15.3. The van der Waals surface area contributed by atoms with Crippen LogP contribution in [0.4, 0.5) is 5.69 Å². The fourth-order valence-electron chi connectivity index (χ4n) is 2.51. The highest BCUT2D eigenvalue weighted by atomic mass is 16.3. The summed E-state index contributed by atoms with van der Waals surface area (Å²) < 4.78 is 2.02. The number of hydrogen-bond acceptors (Lipinski definition) is 3. The summed E-state index contributed by atoms with van der Waals surface area (Å²) in [4.78, 5) is 4.50. The second-order valence-electron chi connectivity index (χ2n) is 4.90. The first kappa shape index (κ1) is 12.7. The predicted octanol–water partition coefficient (Wildman–Crippen LogP) is 2.66. The van der Waals surface area contributed by atoms with E-state index in [0.717, 1.165) is 22.4 Å². The van der Waals surface area contributed by atoms with Crippen LogP contribution < -0.4 is 5.73 Å². The average molecular weight is 267 g/mol. The van der Waals surface area contributed by atoms with Crippen molar-refractivity contribution in [1.82, 2.24) is 9.55 Å². The van der Waals surface area contributed by atoms with Gasteiger partial charge in [0.15, 0.2) is 0 Å². The van der Waals surface area contributed by atoms with Crippen LogP contribution in [0.2, 0.25) is 0 Å². The average Bonchev–Trinajstić information content (AvgIpc) is 2.76. The van der Waals surface area contributed by atoms with Gasteiger partial charge in [0.25, 0.3) is 0 Å². The van der Waals surface area contributed by atoms with Crippen molar-refractivity contribution in [1.29, 1.82) is 0 Å². The topological polar surface area (TPSA) is 64.1 Å². The first-order valence-electron chi connectivity index (χ1n) is 6.61. The van der Waals surface area contributed by atoms with Crippen molar-refractivity contribution in [3.63, 3.8) is 0 Å². The fourth-order valence-corrected chi connectivity index (χ4v) is 2.51. The second-order valence-corrected chi connectivity index (χ2v) is 4.90. The molecule has 20 heavy (non-hydrogen) atoms. The molecule has 4 heteroatoms. The molecule has 0 radical (unpaired) electrons. The molecule has 0 saturated carbocycles. The summed E-state index contributed by atoms with van der Waals surface area (Å²) in [6.45, 7) is 2.39. The number of fused-ring (bicyclic) bond motifs is 1. The van der Waals surface area contributed by atoms with Crippen molar-refractivity contribution in [2.45, 2.75) is 19.6 Å². The number of nitrogens with two attached hydrogens (primary N) is 1. The minimum atomic E-state index is -0.646. The third-order valence-corrected chi connectivity index (χ3v) is 3.56. The minimum absolute atomic E-state index is 0.445. The number of benzene rings is 2. The van der Waals surface area contributed by atoms with E-state index in [1.807, 2.05) is 54.0 Å². The number of anilines is 1. The Balaban J connectivity index is 1.97. The summed E-state index contributed by atoms with van der Waals surface area (Å²) >= 11 is 0. The number of aliphatic hydroxyl groups is 1. The number of aliphatic hydroxyl groups excluding tert-OH is 1. The summed E-state index contributed by atoms with van der Waals surface area (Å²) in [5.41, 5.74) is 9.25. The fraction of sp³-hybridized carbons (Fsp3) is 0.188. The minimum Gasteiger partial charge on any atom is -0.398 e. The Labute approximate surface area is 117 Å². The van der Waals surface area contributed by atoms with Gasteiger partial charge < -0.3 is 15.4 Å². The van der Waals surface area contributed by atoms with Gasteiger partial charge in [-0.3, -0.25) is 0 Å². The Morgan fingerprint density at radius 3 is 2.65 bits per heavy atom. The zero-order valence-electron chi connectivity index (χ0n) is 11.3. The maximum absolute atomic E-state index is 10.4. The van der Waals surface area contributed by atoms with Crippen LogP contribution in [0.3, 0.4) is 0 Å². The van der Waals surface area contributed by atoms with Crippen LogP contribution in [0.25, 0.3) is 11.0 Å². The van der Waals surface area contributed by atoms with Gasteiger partial charge in [0.05, 0.1) is 23.7 Å². The monoisotopic (exact) mass is 267 g/mol. The highest BCUT2D eigenvalue weighted by Crippen LogP contribution is 2.24. The molecule has 2 aromatic carbocycles. The van der Waals surface area contributed by atoms with Gasteiger partial charge in [0.1, 0.15) is 5.82 Å². The quantitative estimate of drug-likeness (QED) is 0.717. The lowest BCUT2D eigenvalue weighted by molar-refractivity contribution is 0.158. The molecule has 3 rings (SSSR count). The van der Waals surface area contributed by atoms with Crippen LogP contribution in [-0.4, -0.2) is 14.7 Å². The zero-order chi connectivity index (χ0) is 14.1. The van der Waals surface area contributed by atoms with Crippen molar-refractivity contribution >= 4 is 16.7 Å². The van der Waals surface area contributed by atoms with Crippen LogP contribution in [0.1, 0.15) is 17.5 Å². The molecule has 102 valence electrons. The normalized spacial score (nSPS) is 12.7. The van der Waals surface area contributed by atoms with Gasteiger partial charge in [0, 0.05) is 11.3 Å². The predicted molar refractivity (Wildman–Crippen MR) is 80.3 cm³/mol. The standard InChI is InChI=1S/C16H17N3O/c1-11-18-14-8-4-5-9-15(14)19(11)10-16(20)12-6-2-3-7-13(12)17/h2-9,16,20H,10,17H2,1H3. The van der Waals surface area contributed by atoms with Crippen molar-refractivity contribution in [2.75, 3.05) is 5.73 Å². The molecule has 1 heterocycles. The van der Waals surface area contributed by atoms with Crippen LogP contribution in [0.5, 0.6) is 0 Å². The lowest BCUT2D eigenvalue weighted by atomic mass is 10.1. The van der Waals surface area contributed by atoms with Gasteiger partial charge in [-0.05, 0) is 25.1 Å². The van der Waals surface area contributed by atoms with Gasteiger partial charge in [0.2, 0.25) is 0 Å². The number of aromatic nitrogens is 2. The number of para-hydroxylation sites is 3. The lowest BCUT2D eigenvalue weighted by Crippen LogP contribution is -2.11. The Morgan fingerprint density at radius 2 is 1.85 bits per heavy atom. The molecule has 0 fully saturated rings. The Hall–Kier alpha value is -2.33. The Kier molecular flexibility index (Phi) is 3.16. The molecule has 1 atom stereocenters. The first-order chi connectivity index (χ1) is 9.66. The highest BCUT2D eigenvalue weighted by Gasteiger charge is 2.14. The van der Waals surface area contributed by atoms with Gasteiger partial charge in [-0.1, -0.05) is 30.3 Å². The van der Waals surface area contributed by atoms with E-state index in [4.69, 9.17) is 5.73 Å². The Morgan fingerprint density at radius 1 is 1.15 bits per heavy atom. The van der Waals surface area contributed by atoms with Crippen LogP contribution in [0, 0.1) is 6.92 Å². The summed E-state index contributed by atoms with van der Waals surface area (Å²) in [7, 11) is 0. The van der Waals surface area contributed by atoms with Gasteiger partial charge in [-0.25, -0.2) is 4.98 Å². The molecule has 0 bridgehead atoms. The van der Waals surface area contributed by atoms with E-state index >= 15 is 0 Å². The summed E-state index contributed by atoms with van der Waals surface area (Å²) in [5.74, 6) is 0.889. The molecule has 0 aliphatic carbocycles. The van der Waals surface area contributed by atoms with Crippen LogP contribution in [-0.2, 0) is 6.54 Å². The van der Waals surface area contributed by atoms with Gasteiger partial charge >= 0.3 is 0 Å². The van der Waals surface area contributed by atoms with Crippen LogP contribution in [0.15, 0.2) is 48.5 Å². The largest absolute Gasteiger partial charge is 0.398 e. The summed E-state index contributed by atoms with van der Waals surface area (Å²) in [6.07, 6.45) is -0.646. The molecule has 3 aromatic rings. The number of nitrogens with zero attached hydrogens (tertiary/aromatic N) is 2. The van der Waals surface area contributed by atoms with E-state index in [1.54, 1.807) is 6.07 Å². The maximum atomic E-state index is 10.4. The molecular formula is C16H17N3O. The Bertz CT molecular complexity index is 748. The van der Waals surface area contributed by atoms with Crippen LogP contribution >= 0.6 is 0 Å². The third kappa shape index (κ3) is 2.14. The van der Waals surface area contributed by atoms with Gasteiger partial charge in [-0.2, -0.15) is 0 Å². The molecule has 0 aliphatic heterocycles. The number of aryl methyl sites for hydroxylation is 1. The SMILES string of the molecule is Cc1nc2ccccc2n1CC(O)c1ccccc1N. The van der Waals surface area contributed by atoms with Crippen molar-refractivity contribution < 1.29 is 5.11 Å². The molecular weight excluding hydrogens is 250 g/mol. The molecule has 1 aromatic heterocycles. The van der Waals surface area contributed by atoms with E-state index in [9.17, 15) is 5.11 Å². The first-order valence-corrected chi connectivity index (χ1v) is 6.61. The second kappa shape index (κ2) is 4.98. The smallest absolute Gasteiger partial charge is 0.106 e. The van der Waals surface area contributed by atoms with E-state index in [-0.39, 0.29) is 0 Å². The number of nitrogen functional groups attached to an aromatic ring is 1. The summed E-state index contributed by atoms with van der Waals surface area (Å²) in [5, 5.41) is 10.4. The lowest BCUT2D eigenvalue weighted by Gasteiger charge is -2.15. The molecule has 1 unspecified atom stereocenters. The van der Waals surface area contributed by atoms with E-state index in [0.29, 0.717) is 12.2 Å². The molecule has 0 spiro atoms. The number of rotatable bonds is 3. The molecule has 0 aliphatic rings. The van der Waals surface area contributed by atoms with Gasteiger partial charge in [-0.15, -0.1) is 0 Å². The van der Waals surface area contributed by atoms with E-state index in [2.05, 4.69) is 4.98 Å². The zero-order valence-corrected chi connectivity index (χ0v) is 11.3. The highest BCUT2D eigenvalue weighted by molar-refractivity contribution is 5.75. The van der Waals surface area contributed by atoms with Crippen molar-refractivity contribution in [3.05, 3.63) is 59.9 Å². The van der Waals surface area contributed by atoms with E-state index < -0.39 is 6.10 Å². The molecule has 3 N–H and O–H groups in total. The van der Waals surface area contributed by atoms with E-state index in [1.165, 1.54) is 0 Å². The number of imidazole rings is 1. The van der Waals surface area contributed by atoms with Crippen molar-refractivity contribution in [2.24, 2.45) is 0 Å². The molecule has 4 nitrogen and oxygen atoms in total. The maximum Gasteiger partial charge on any atom is 0.106 e. The number of hydrogen-bond donors (Lipinski definition) is 2. The molecule has 0 amide bonds.